The van der Waals surface area contributed by atoms with Gasteiger partial charge in [0.25, 0.3) is 0 Å². The van der Waals surface area contributed by atoms with Gasteiger partial charge in [0, 0.05) is 16.9 Å². The summed E-state index contributed by atoms with van der Waals surface area (Å²) in [4.78, 5) is 12.0. The number of carbonyl (C=O) groups is 1. The van der Waals surface area contributed by atoms with Crippen molar-refractivity contribution < 1.29 is 18.0 Å². The summed E-state index contributed by atoms with van der Waals surface area (Å²) in [6, 6.07) is 9.53. The number of hydrogen-bond donors (Lipinski definition) is 4. The van der Waals surface area contributed by atoms with Crippen LogP contribution in [-0.4, -0.2) is 18.3 Å². The second kappa shape index (κ2) is 8.49. The summed E-state index contributed by atoms with van der Waals surface area (Å²) < 4.78 is 38.5. The molecule has 0 aliphatic carbocycles. The highest BCUT2D eigenvalue weighted by Crippen LogP contribution is 2.36. The first kappa shape index (κ1) is 20.2. The van der Waals surface area contributed by atoms with Gasteiger partial charge in [-0.15, -0.1) is 5.11 Å². The highest BCUT2D eigenvalue weighted by atomic mass is 35.5. The number of amides is 1. The highest BCUT2D eigenvalue weighted by molar-refractivity contribution is 6.31. The minimum Gasteiger partial charge on any atom is -0.376 e. The van der Waals surface area contributed by atoms with Crippen molar-refractivity contribution in [3.05, 3.63) is 58.6 Å². The van der Waals surface area contributed by atoms with E-state index in [0.717, 1.165) is 12.1 Å². The second-order valence-corrected chi connectivity index (χ2v) is 5.65. The van der Waals surface area contributed by atoms with E-state index in [1.165, 1.54) is 6.07 Å². The molecule has 142 valence electrons. The van der Waals surface area contributed by atoms with Crippen molar-refractivity contribution in [1.82, 2.24) is 0 Å². The lowest BCUT2D eigenvalue weighted by Crippen LogP contribution is -2.22. The molecule has 27 heavy (non-hydrogen) atoms. The van der Waals surface area contributed by atoms with Gasteiger partial charge in [-0.05, 0) is 30.3 Å². The molecule has 5 N–H and O–H groups in total. The van der Waals surface area contributed by atoms with E-state index in [2.05, 4.69) is 21.0 Å². The molecule has 0 atom stereocenters. The summed E-state index contributed by atoms with van der Waals surface area (Å²) in [5, 5.41) is 18.8. The van der Waals surface area contributed by atoms with Crippen molar-refractivity contribution in [3.63, 3.8) is 0 Å². The van der Waals surface area contributed by atoms with Crippen LogP contribution in [0.2, 0.25) is 5.02 Å². The Labute approximate surface area is 156 Å². The summed E-state index contributed by atoms with van der Waals surface area (Å²) >= 11 is 5.54. The summed E-state index contributed by atoms with van der Waals surface area (Å²) in [6.45, 7) is -0.209. The molecule has 2 aromatic rings. The van der Waals surface area contributed by atoms with E-state index in [0.29, 0.717) is 11.3 Å². The van der Waals surface area contributed by atoms with Gasteiger partial charge in [0.15, 0.2) is 5.84 Å². The standard InChI is InChI=1S/C16H14ClF3N6O/c17-13-5-4-11(7-12(13)16(18,19)20)24-14(27)8-23-10-3-1-2-9(6-10)15(21)25-26-22/h1-7,23H,8H2,(H,24,27)(H3,21,22,25). The quantitative estimate of drug-likeness (QED) is 0.200. The first-order valence-electron chi connectivity index (χ1n) is 7.41. The maximum absolute atomic E-state index is 12.8. The number of anilines is 2. The summed E-state index contributed by atoms with van der Waals surface area (Å²) in [6.07, 6.45) is -4.62. The van der Waals surface area contributed by atoms with Crippen molar-refractivity contribution in [3.8, 4) is 0 Å². The third-order valence-electron chi connectivity index (χ3n) is 3.30. The monoisotopic (exact) mass is 398 g/mol. The number of nitrogens with zero attached hydrogens (tertiary/aromatic N) is 2. The fourth-order valence-electron chi connectivity index (χ4n) is 2.10. The number of nitrogens with two attached hydrogens (primary N) is 1. The molecule has 0 saturated heterocycles. The topological polar surface area (TPSA) is 116 Å². The van der Waals surface area contributed by atoms with Crippen LogP contribution in [0.4, 0.5) is 24.5 Å². The molecular formula is C16H14ClF3N6O. The molecule has 1 amide bonds. The Morgan fingerprint density at radius 2 is 1.93 bits per heavy atom. The molecule has 2 rings (SSSR count). The average Bonchev–Trinajstić information content (AvgIpc) is 2.61. The molecule has 7 nitrogen and oxygen atoms in total. The fourth-order valence-corrected chi connectivity index (χ4v) is 2.32. The van der Waals surface area contributed by atoms with Gasteiger partial charge in [-0.2, -0.15) is 13.2 Å². The van der Waals surface area contributed by atoms with E-state index in [-0.39, 0.29) is 18.1 Å². The van der Waals surface area contributed by atoms with Gasteiger partial charge in [-0.1, -0.05) is 29.0 Å². The van der Waals surface area contributed by atoms with E-state index in [4.69, 9.17) is 22.9 Å². The van der Waals surface area contributed by atoms with Crippen LogP contribution in [0.5, 0.6) is 0 Å². The molecular weight excluding hydrogens is 385 g/mol. The molecule has 2 aromatic carbocycles. The normalized spacial score (nSPS) is 11.4. The third-order valence-corrected chi connectivity index (χ3v) is 3.63. The van der Waals surface area contributed by atoms with E-state index in [1.807, 2.05) is 0 Å². The predicted octanol–water partition coefficient (Wildman–Crippen LogP) is 4.06. The van der Waals surface area contributed by atoms with Gasteiger partial charge < -0.3 is 16.5 Å². The number of amidine groups is 1. The minimum atomic E-state index is -4.62. The number of nitrogens with one attached hydrogen (secondary N) is 3. The zero-order chi connectivity index (χ0) is 20.0. The predicted molar refractivity (Wildman–Crippen MR) is 95.9 cm³/mol. The SMILES string of the molecule is N=C(N=NN)c1cccc(NCC(=O)Nc2ccc(Cl)c(C(F)(F)F)c2)c1. The van der Waals surface area contributed by atoms with Gasteiger partial charge in [0.05, 0.1) is 17.1 Å². The summed E-state index contributed by atoms with van der Waals surface area (Å²) in [5.74, 6) is 4.17. The van der Waals surface area contributed by atoms with Crippen LogP contribution in [0.3, 0.4) is 0 Å². The zero-order valence-corrected chi connectivity index (χ0v) is 14.4. The summed E-state index contributed by atoms with van der Waals surface area (Å²) in [7, 11) is 0. The highest BCUT2D eigenvalue weighted by Gasteiger charge is 2.33. The lowest BCUT2D eigenvalue weighted by Gasteiger charge is -2.12. The third kappa shape index (κ3) is 5.68. The van der Waals surface area contributed by atoms with Gasteiger partial charge in [0.1, 0.15) is 0 Å². The van der Waals surface area contributed by atoms with E-state index in [9.17, 15) is 18.0 Å². The van der Waals surface area contributed by atoms with Crippen molar-refractivity contribution in [2.24, 2.45) is 16.2 Å². The van der Waals surface area contributed by atoms with Gasteiger partial charge in [-0.3, -0.25) is 10.2 Å². The fraction of sp³-hybridized carbons (Fsp3) is 0.125. The lowest BCUT2D eigenvalue weighted by atomic mass is 10.2. The molecule has 0 aliphatic rings. The maximum Gasteiger partial charge on any atom is 0.417 e. The Balaban J connectivity index is 2.01. The lowest BCUT2D eigenvalue weighted by molar-refractivity contribution is -0.137. The molecule has 0 unspecified atom stereocenters. The molecule has 0 heterocycles. The smallest absolute Gasteiger partial charge is 0.376 e. The number of carbonyl (C=O) groups excluding carboxylic acids is 1. The Morgan fingerprint density at radius 1 is 1.19 bits per heavy atom. The molecule has 11 heteroatoms. The minimum absolute atomic E-state index is 0.0302. The maximum atomic E-state index is 12.8. The van der Waals surface area contributed by atoms with Gasteiger partial charge in [0.2, 0.25) is 5.91 Å². The number of rotatable bonds is 5. The van der Waals surface area contributed by atoms with Crippen LogP contribution in [0.15, 0.2) is 52.8 Å². The molecule has 0 spiro atoms. The second-order valence-electron chi connectivity index (χ2n) is 5.24. The molecule has 0 aliphatic heterocycles. The number of benzene rings is 2. The van der Waals surface area contributed by atoms with Crippen molar-refractivity contribution in [1.29, 1.82) is 5.41 Å². The molecule has 0 fully saturated rings. The van der Waals surface area contributed by atoms with Crippen LogP contribution in [0.1, 0.15) is 11.1 Å². The molecule has 0 bridgehead atoms. The van der Waals surface area contributed by atoms with Crippen LogP contribution in [0.25, 0.3) is 0 Å². The largest absolute Gasteiger partial charge is 0.417 e. The summed E-state index contributed by atoms with van der Waals surface area (Å²) in [5.41, 5.74) is -0.138. The molecule has 0 saturated carbocycles. The number of halogens is 4. The number of hydrogen-bond acceptors (Lipinski definition) is 4. The average molecular weight is 399 g/mol. The van der Waals surface area contributed by atoms with Gasteiger partial charge >= 0.3 is 6.18 Å². The zero-order valence-electron chi connectivity index (χ0n) is 13.6. The Hall–Kier alpha value is -3.14. The Morgan fingerprint density at radius 3 is 2.59 bits per heavy atom. The van der Waals surface area contributed by atoms with Crippen molar-refractivity contribution >= 4 is 34.7 Å². The van der Waals surface area contributed by atoms with E-state index >= 15 is 0 Å². The van der Waals surface area contributed by atoms with Gasteiger partial charge in [-0.25, -0.2) is 0 Å². The Bertz CT molecular complexity index is 885. The van der Waals surface area contributed by atoms with Crippen LogP contribution < -0.4 is 16.5 Å². The number of alkyl halides is 3. The van der Waals surface area contributed by atoms with Crippen LogP contribution in [0, 0.1) is 5.41 Å². The molecule has 0 radical (unpaired) electrons. The Kier molecular flexibility index (Phi) is 6.35. The molecule has 0 aromatic heterocycles. The van der Waals surface area contributed by atoms with Crippen LogP contribution >= 0.6 is 11.6 Å². The first-order chi connectivity index (χ1) is 12.7. The van der Waals surface area contributed by atoms with Crippen molar-refractivity contribution in [2.75, 3.05) is 17.2 Å². The van der Waals surface area contributed by atoms with Crippen molar-refractivity contribution in [2.45, 2.75) is 6.18 Å². The first-order valence-corrected chi connectivity index (χ1v) is 7.79. The van der Waals surface area contributed by atoms with E-state index in [1.54, 1.807) is 24.3 Å². The van der Waals surface area contributed by atoms with E-state index < -0.39 is 22.7 Å². The van der Waals surface area contributed by atoms with Crippen LogP contribution in [-0.2, 0) is 11.0 Å².